The van der Waals surface area contributed by atoms with Gasteiger partial charge in [0.05, 0.1) is 5.56 Å². The average Bonchev–Trinajstić information content (AvgIpc) is 2.15. The van der Waals surface area contributed by atoms with E-state index in [0.29, 0.717) is 6.07 Å². The molecule has 0 aliphatic carbocycles. The number of alkyl halides is 3. The highest BCUT2D eigenvalue weighted by Gasteiger charge is 2.33. The molecule has 0 heterocycles. The van der Waals surface area contributed by atoms with E-state index in [4.69, 9.17) is 5.73 Å². The third kappa shape index (κ3) is 2.34. The zero-order valence-electron chi connectivity index (χ0n) is 7.34. The number of nitrogens with two attached hydrogens (primary N) is 1. The van der Waals surface area contributed by atoms with Gasteiger partial charge >= 0.3 is 6.18 Å². The van der Waals surface area contributed by atoms with Gasteiger partial charge in [-0.15, -0.1) is 0 Å². The lowest BCUT2D eigenvalue weighted by atomic mass is 10.1. The molecule has 0 unspecified atom stereocenters. The highest BCUT2D eigenvalue weighted by Crippen LogP contribution is 2.33. The van der Waals surface area contributed by atoms with Crippen molar-refractivity contribution in [1.82, 2.24) is 0 Å². The molecule has 0 bridgehead atoms. The minimum Gasteiger partial charge on any atom is -0.398 e. The molecule has 0 saturated heterocycles. The average molecular weight is 217 g/mol. The Morgan fingerprint density at radius 3 is 2.40 bits per heavy atom. The Balaban J connectivity index is 3.29. The summed E-state index contributed by atoms with van der Waals surface area (Å²) < 4.78 is 36.9. The number of aldehydes is 1. The fourth-order valence-corrected chi connectivity index (χ4v) is 1.02. The second kappa shape index (κ2) is 3.72. The normalized spacial score (nSPS) is 11.1. The summed E-state index contributed by atoms with van der Waals surface area (Å²) in [6.07, 6.45) is -4.69. The molecule has 0 aliphatic rings. The molecule has 0 spiro atoms. The molecule has 2 N–H and O–H groups in total. The van der Waals surface area contributed by atoms with Crippen LogP contribution >= 0.6 is 0 Å². The summed E-state index contributed by atoms with van der Waals surface area (Å²) in [5.41, 5.74) is 3.17. The van der Waals surface area contributed by atoms with Crippen LogP contribution in [-0.2, 0) is 11.0 Å². The van der Waals surface area contributed by atoms with Crippen LogP contribution in [0.1, 0.15) is 15.9 Å². The molecule has 0 fully saturated rings. The minimum absolute atomic E-state index is 0.0499. The second-order valence-electron chi connectivity index (χ2n) is 2.78. The zero-order valence-corrected chi connectivity index (χ0v) is 7.34. The summed E-state index contributed by atoms with van der Waals surface area (Å²) in [5, 5.41) is 0. The SMILES string of the molecule is Nc1ccc(C(=O)C=O)cc1C(F)(F)F. The molecule has 1 aromatic rings. The van der Waals surface area contributed by atoms with Crippen molar-refractivity contribution in [3.8, 4) is 0 Å². The molecule has 0 amide bonds. The van der Waals surface area contributed by atoms with E-state index < -0.39 is 23.2 Å². The van der Waals surface area contributed by atoms with Crippen molar-refractivity contribution in [2.75, 3.05) is 5.73 Å². The molecule has 1 rings (SSSR count). The van der Waals surface area contributed by atoms with Crippen molar-refractivity contribution >= 4 is 17.8 Å². The van der Waals surface area contributed by atoms with Crippen molar-refractivity contribution in [3.05, 3.63) is 29.3 Å². The number of carbonyl (C=O) groups excluding carboxylic acids is 2. The van der Waals surface area contributed by atoms with Crippen molar-refractivity contribution < 1.29 is 22.8 Å². The Hall–Kier alpha value is -1.85. The third-order valence-corrected chi connectivity index (χ3v) is 1.75. The quantitative estimate of drug-likeness (QED) is 0.354. The Morgan fingerprint density at radius 1 is 1.33 bits per heavy atom. The van der Waals surface area contributed by atoms with Gasteiger partial charge in [-0.25, -0.2) is 0 Å². The van der Waals surface area contributed by atoms with E-state index in [1.54, 1.807) is 0 Å². The second-order valence-corrected chi connectivity index (χ2v) is 2.78. The predicted molar refractivity (Wildman–Crippen MR) is 46.3 cm³/mol. The minimum atomic E-state index is -4.64. The number of hydrogen-bond donors (Lipinski definition) is 1. The summed E-state index contributed by atoms with van der Waals surface area (Å²) in [6, 6.07) is 2.58. The number of hydrogen-bond acceptors (Lipinski definition) is 3. The predicted octanol–water partition coefficient (Wildman–Crippen LogP) is 1.67. The number of nitrogen functional groups attached to an aromatic ring is 1. The van der Waals surface area contributed by atoms with Gasteiger partial charge in [0.15, 0.2) is 6.29 Å². The van der Waals surface area contributed by atoms with Gasteiger partial charge in [0.1, 0.15) is 0 Å². The lowest BCUT2D eigenvalue weighted by Gasteiger charge is -2.10. The number of rotatable bonds is 2. The summed E-state index contributed by atoms with van der Waals surface area (Å²) in [4.78, 5) is 20.9. The van der Waals surface area contributed by atoms with E-state index in [2.05, 4.69) is 0 Å². The smallest absolute Gasteiger partial charge is 0.398 e. The Morgan fingerprint density at radius 2 is 1.93 bits per heavy atom. The van der Waals surface area contributed by atoms with Crippen molar-refractivity contribution in [2.45, 2.75) is 6.18 Å². The number of benzene rings is 1. The summed E-state index contributed by atoms with van der Waals surface area (Å²) >= 11 is 0. The van der Waals surface area contributed by atoms with Crippen LogP contribution in [0.3, 0.4) is 0 Å². The molecule has 3 nitrogen and oxygen atoms in total. The molecule has 0 radical (unpaired) electrons. The standard InChI is InChI=1S/C9H6F3NO2/c10-9(11,12)6-3-5(8(15)4-14)1-2-7(6)13/h1-4H,13H2. The third-order valence-electron chi connectivity index (χ3n) is 1.75. The molecule has 1 aromatic carbocycles. The monoisotopic (exact) mass is 217 g/mol. The first kappa shape index (κ1) is 11.2. The van der Waals surface area contributed by atoms with Crippen molar-refractivity contribution in [3.63, 3.8) is 0 Å². The maximum Gasteiger partial charge on any atom is 0.418 e. The number of anilines is 1. The Kier molecular flexibility index (Phi) is 2.78. The number of Topliss-reactive ketones (excluding diaryl/α,β-unsaturated/α-hetero) is 1. The number of carbonyl (C=O) groups is 2. The van der Waals surface area contributed by atoms with Crippen LogP contribution in [0, 0.1) is 0 Å². The lowest BCUT2D eigenvalue weighted by Crippen LogP contribution is -2.11. The van der Waals surface area contributed by atoms with Gasteiger partial charge in [0.2, 0.25) is 5.78 Å². The van der Waals surface area contributed by atoms with E-state index in [-0.39, 0.29) is 11.8 Å². The van der Waals surface area contributed by atoms with E-state index in [9.17, 15) is 22.8 Å². The van der Waals surface area contributed by atoms with Crippen LogP contribution in [0.2, 0.25) is 0 Å². The molecule has 15 heavy (non-hydrogen) atoms. The molecular formula is C9H6F3NO2. The largest absolute Gasteiger partial charge is 0.418 e. The van der Waals surface area contributed by atoms with E-state index >= 15 is 0 Å². The maximum absolute atomic E-state index is 12.3. The van der Waals surface area contributed by atoms with Gasteiger partial charge in [-0.1, -0.05) is 0 Å². The van der Waals surface area contributed by atoms with Gasteiger partial charge in [0.25, 0.3) is 0 Å². The van der Waals surface area contributed by atoms with Gasteiger partial charge in [-0.05, 0) is 18.2 Å². The van der Waals surface area contributed by atoms with Crippen LogP contribution in [0.15, 0.2) is 18.2 Å². The Bertz CT molecular complexity index is 412. The fraction of sp³-hybridized carbons (Fsp3) is 0.111. The first-order valence-electron chi connectivity index (χ1n) is 3.82. The molecule has 0 aromatic heterocycles. The van der Waals surface area contributed by atoms with Crippen LogP contribution in [0.25, 0.3) is 0 Å². The van der Waals surface area contributed by atoms with E-state index in [0.717, 1.165) is 12.1 Å². The Labute approximate surface area is 82.7 Å². The molecule has 80 valence electrons. The summed E-state index contributed by atoms with van der Waals surface area (Å²) in [7, 11) is 0. The molecule has 0 saturated carbocycles. The van der Waals surface area contributed by atoms with Gasteiger partial charge in [-0.2, -0.15) is 13.2 Å². The molecule has 6 heteroatoms. The van der Waals surface area contributed by atoms with Crippen LogP contribution < -0.4 is 5.73 Å². The molecule has 0 aliphatic heterocycles. The highest BCUT2D eigenvalue weighted by atomic mass is 19.4. The zero-order chi connectivity index (χ0) is 11.6. The summed E-state index contributed by atoms with van der Waals surface area (Å²) in [6.45, 7) is 0. The van der Waals surface area contributed by atoms with E-state index in [1.165, 1.54) is 0 Å². The number of ketones is 1. The van der Waals surface area contributed by atoms with Crippen molar-refractivity contribution in [1.29, 1.82) is 0 Å². The molecule has 0 atom stereocenters. The highest BCUT2D eigenvalue weighted by molar-refractivity contribution is 6.33. The molecular weight excluding hydrogens is 211 g/mol. The van der Waals surface area contributed by atoms with Crippen molar-refractivity contribution in [2.24, 2.45) is 0 Å². The van der Waals surface area contributed by atoms with Gasteiger partial charge in [0, 0.05) is 11.3 Å². The first-order chi connectivity index (χ1) is 6.86. The van der Waals surface area contributed by atoms with Crippen LogP contribution in [-0.4, -0.2) is 12.1 Å². The van der Waals surface area contributed by atoms with Gasteiger partial charge < -0.3 is 5.73 Å². The van der Waals surface area contributed by atoms with Gasteiger partial charge in [-0.3, -0.25) is 9.59 Å². The fourth-order valence-electron chi connectivity index (χ4n) is 1.02. The summed E-state index contributed by atoms with van der Waals surface area (Å²) in [5.74, 6) is -1.01. The lowest BCUT2D eigenvalue weighted by molar-refractivity contribution is -0.136. The first-order valence-corrected chi connectivity index (χ1v) is 3.82. The van der Waals surface area contributed by atoms with E-state index in [1.807, 2.05) is 0 Å². The van der Waals surface area contributed by atoms with Crippen LogP contribution in [0.5, 0.6) is 0 Å². The maximum atomic E-state index is 12.3. The number of halogens is 3. The van der Waals surface area contributed by atoms with Crippen LogP contribution in [0.4, 0.5) is 18.9 Å². The topological polar surface area (TPSA) is 60.2 Å².